The minimum Gasteiger partial charge on any atom is -0.675 e. The Hall–Kier alpha value is -1.79. The maximum Gasteiger partial charge on any atom is 0.213 e. The second-order valence-corrected chi connectivity index (χ2v) is 7.59. The summed E-state index contributed by atoms with van der Waals surface area (Å²) in [5, 5.41) is 0. The van der Waals surface area contributed by atoms with Gasteiger partial charge in [-0.15, -0.1) is 6.04 Å². The van der Waals surface area contributed by atoms with Crippen molar-refractivity contribution in [3.63, 3.8) is 0 Å². The van der Waals surface area contributed by atoms with Crippen molar-refractivity contribution in [2.24, 2.45) is 0 Å². The molecule has 1 saturated heterocycles. The minimum absolute atomic E-state index is 0. The van der Waals surface area contributed by atoms with Gasteiger partial charge in [0.15, 0.2) is 0 Å². The number of carbonyl (C=O) groups is 1. The maximum absolute atomic E-state index is 11.3. The first kappa shape index (κ1) is 23.5. The first-order chi connectivity index (χ1) is 13.6. The fraction of sp³-hybridized carbons (Fsp3) is 0.455. The van der Waals surface area contributed by atoms with Gasteiger partial charge in [0.25, 0.3) is 0 Å². The third kappa shape index (κ3) is 6.61. The molecule has 1 aliphatic rings. The average Bonchev–Trinajstić information content (AvgIpc) is 2.73. The monoisotopic (exact) mass is 573 g/mol. The zero-order chi connectivity index (χ0) is 19.9. The van der Waals surface area contributed by atoms with Crippen LogP contribution in [0.3, 0.4) is 0 Å². The molecule has 6 nitrogen and oxygen atoms in total. The van der Waals surface area contributed by atoms with Gasteiger partial charge in [-0.05, 0) is 35.7 Å². The molecule has 0 aliphatic carbocycles. The van der Waals surface area contributed by atoms with E-state index in [4.69, 9.17) is 5.73 Å². The Morgan fingerprint density at radius 2 is 1.86 bits per heavy atom. The van der Waals surface area contributed by atoms with Crippen LogP contribution in [-0.4, -0.2) is 55.6 Å². The van der Waals surface area contributed by atoms with Gasteiger partial charge in [0.05, 0.1) is 0 Å². The number of pyridine rings is 1. The van der Waals surface area contributed by atoms with Crippen LogP contribution in [0.1, 0.15) is 24.5 Å². The fourth-order valence-electron chi connectivity index (χ4n) is 3.65. The summed E-state index contributed by atoms with van der Waals surface area (Å²) in [4.78, 5) is 21.9. The molecule has 1 atom stereocenters. The van der Waals surface area contributed by atoms with Crippen molar-refractivity contribution in [2.45, 2.75) is 32.4 Å². The van der Waals surface area contributed by atoms with Crippen LogP contribution in [0.25, 0.3) is 5.73 Å². The number of benzene rings is 1. The van der Waals surface area contributed by atoms with E-state index in [1.54, 1.807) is 11.9 Å². The van der Waals surface area contributed by atoms with Crippen LogP contribution in [0.5, 0.6) is 0 Å². The SMILES string of the molecule is CC([NH-])CCc1ccc(CN2CCN(c3ccncc3)CC2)cc1N(C)C=O.[Ir]. The van der Waals surface area contributed by atoms with Crippen LogP contribution >= 0.6 is 0 Å². The number of carbonyl (C=O) groups excluding carboxylic acids is 1. The Morgan fingerprint density at radius 3 is 2.48 bits per heavy atom. The number of hydrogen-bond donors (Lipinski definition) is 0. The molecule has 1 aliphatic heterocycles. The number of amides is 1. The second kappa shape index (κ2) is 11.4. The number of nitrogens with one attached hydrogen (secondary N) is 1. The largest absolute Gasteiger partial charge is 0.675 e. The van der Waals surface area contributed by atoms with E-state index in [-0.39, 0.29) is 26.1 Å². The molecule has 1 amide bonds. The molecule has 0 saturated carbocycles. The van der Waals surface area contributed by atoms with Gasteiger partial charge in [-0.25, -0.2) is 0 Å². The zero-order valence-corrected chi connectivity index (χ0v) is 19.6. The average molecular weight is 573 g/mol. The molecule has 1 fully saturated rings. The van der Waals surface area contributed by atoms with E-state index in [9.17, 15) is 4.79 Å². The molecule has 3 rings (SSSR count). The van der Waals surface area contributed by atoms with Crippen molar-refractivity contribution in [3.8, 4) is 0 Å². The number of anilines is 2. The third-order valence-corrected chi connectivity index (χ3v) is 5.34. The van der Waals surface area contributed by atoms with Crippen molar-refractivity contribution in [1.82, 2.24) is 9.88 Å². The van der Waals surface area contributed by atoms with E-state index in [1.165, 1.54) is 11.3 Å². The van der Waals surface area contributed by atoms with E-state index in [2.05, 4.69) is 45.1 Å². The number of hydrogen-bond acceptors (Lipinski definition) is 4. The quantitative estimate of drug-likeness (QED) is 0.456. The molecule has 1 aromatic heterocycles. The third-order valence-electron chi connectivity index (χ3n) is 5.34. The van der Waals surface area contributed by atoms with Gasteiger partial charge in [0.2, 0.25) is 6.41 Å². The Balaban J connectivity index is 0.00000300. The molecule has 1 unspecified atom stereocenters. The van der Waals surface area contributed by atoms with E-state index >= 15 is 0 Å². The van der Waals surface area contributed by atoms with Crippen LogP contribution in [0.4, 0.5) is 11.4 Å². The van der Waals surface area contributed by atoms with Gasteiger partial charge in [-0.3, -0.25) is 14.7 Å². The molecular weight excluding hydrogens is 542 g/mol. The Labute approximate surface area is 187 Å². The predicted octanol–water partition coefficient (Wildman–Crippen LogP) is 3.37. The smallest absolute Gasteiger partial charge is 0.213 e. The van der Waals surface area contributed by atoms with Crippen LogP contribution in [-0.2, 0) is 37.9 Å². The van der Waals surface area contributed by atoms with E-state index in [0.29, 0.717) is 0 Å². The first-order valence-corrected chi connectivity index (χ1v) is 9.95. The molecule has 1 aromatic carbocycles. The molecule has 1 N–H and O–H groups in total. The van der Waals surface area contributed by atoms with Crippen molar-refractivity contribution in [2.75, 3.05) is 43.0 Å². The van der Waals surface area contributed by atoms with Crippen molar-refractivity contribution in [3.05, 3.63) is 59.6 Å². The number of aryl methyl sites for hydroxylation is 1. The summed E-state index contributed by atoms with van der Waals surface area (Å²) in [5.41, 5.74) is 12.3. The maximum atomic E-state index is 11.3. The normalized spacial score (nSPS) is 15.5. The summed E-state index contributed by atoms with van der Waals surface area (Å²) < 4.78 is 0. The summed E-state index contributed by atoms with van der Waals surface area (Å²) >= 11 is 0. The summed E-state index contributed by atoms with van der Waals surface area (Å²) in [6, 6.07) is 10.5. The topological polar surface area (TPSA) is 63.5 Å². The van der Waals surface area contributed by atoms with Crippen LogP contribution in [0.15, 0.2) is 42.7 Å². The standard InChI is InChI=1S/C22H30N5O.Ir/c1-18(23)3-5-20-6-4-19(15-22(20)25(2)17-28)16-26-11-13-27(14-12-26)21-7-9-24-10-8-21;/h4,6-10,15,17-18,23H,3,5,11-14,16H2,1-2H3;/q-1;. The molecule has 29 heavy (non-hydrogen) atoms. The predicted molar refractivity (Wildman–Crippen MR) is 115 cm³/mol. The number of rotatable bonds is 8. The van der Waals surface area contributed by atoms with Crippen molar-refractivity contribution >= 4 is 17.8 Å². The molecule has 0 bridgehead atoms. The summed E-state index contributed by atoms with van der Waals surface area (Å²) in [6.07, 6.45) is 6.17. The molecule has 159 valence electrons. The Bertz CT molecular complexity index is 763. The number of nitrogens with zero attached hydrogens (tertiary/aromatic N) is 4. The first-order valence-electron chi connectivity index (χ1n) is 9.95. The number of aromatic nitrogens is 1. The van der Waals surface area contributed by atoms with Gasteiger partial charge in [0, 0.05) is 83.6 Å². The number of piperazine rings is 1. The Kier molecular flexibility index (Phi) is 9.24. The minimum atomic E-state index is -0.0919. The fourth-order valence-corrected chi connectivity index (χ4v) is 3.65. The molecular formula is C22H30IrN5O-. The van der Waals surface area contributed by atoms with E-state index in [0.717, 1.165) is 63.2 Å². The second-order valence-electron chi connectivity index (χ2n) is 7.59. The van der Waals surface area contributed by atoms with Crippen LogP contribution in [0, 0.1) is 0 Å². The van der Waals surface area contributed by atoms with Crippen molar-refractivity contribution < 1.29 is 24.9 Å². The zero-order valence-electron chi connectivity index (χ0n) is 17.2. The van der Waals surface area contributed by atoms with E-state index < -0.39 is 0 Å². The van der Waals surface area contributed by atoms with Gasteiger partial charge in [-0.1, -0.05) is 25.5 Å². The van der Waals surface area contributed by atoms with Crippen molar-refractivity contribution in [1.29, 1.82) is 0 Å². The van der Waals surface area contributed by atoms with Gasteiger partial charge in [-0.2, -0.15) is 0 Å². The van der Waals surface area contributed by atoms with Crippen LogP contribution < -0.4 is 9.80 Å². The summed E-state index contributed by atoms with van der Waals surface area (Å²) in [7, 11) is 1.80. The molecule has 2 aromatic rings. The molecule has 2 heterocycles. The summed E-state index contributed by atoms with van der Waals surface area (Å²) in [6.45, 7) is 6.83. The van der Waals surface area contributed by atoms with Gasteiger partial charge in [0.1, 0.15) is 0 Å². The molecule has 0 spiro atoms. The van der Waals surface area contributed by atoms with Gasteiger partial charge < -0.3 is 15.5 Å². The van der Waals surface area contributed by atoms with Gasteiger partial charge >= 0.3 is 0 Å². The summed E-state index contributed by atoms with van der Waals surface area (Å²) in [5.74, 6) is 0. The molecule has 1 radical (unpaired) electrons. The van der Waals surface area contributed by atoms with Crippen LogP contribution in [0.2, 0.25) is 0 Å². The van der Waals surface area contributed by atoms with E-state index in [1.807, 2.05) is 19.3 Å². The molecule has 7 heteroatoms. The Morgan fingerprint density at radius 1 is 1.17 bits per heavy atom.